The minimum Gasteiger partial charge on any atom is -0.756 e. The van der Waals surface area contributed by atoms with Crippen LogP contribution >= 0.6 is 7.82 Å². The highest BCUT2D eigenvalue weighted by molar-refractivity contribution is 7.45. The fourth-order valence-corrected chi connectivity index (χ4v) is 6.12. The highest BCUT2D eigenvalue weighted by Crippen LogP contribution is 2.38. The van der Waals surface area contributed by atoms with Gasteiger partial charge in [0, 0.05) is 12.8 Å². The predicted octanol–water partition coefficient (Wildman–Crippen LogP) is 10.7. The summed E-state index contributed by atoms with van der Waals surface area (Å²) in [7, 11) is 1.31. The largest absolute Gasteiger partial charge is 0.756 e. The molecule has 0 fully saturated rings. The van der Waals surface area contributed by atoms with Crippen LogP contribution in [-0.2, 0) is 32.7 Å². The number of likely N-dealkylation sites (N-methyl/N-ethyl adjacent to an activating group) is 1. The van der Waals surface area contributed by atoms with E-state index in [1.54, 1.807) is 12.3 Å². The molecule has 0 aromatic rings. The average molecular weight is 756 g/mol. The second kappa shape index (κ2) is 35.0. The van der Waals surface area contributed by atoms with Gasteiger partial charge in [0.1, 0.15) is 19.8 Å². The Morgan fingerprint density at radius 1 is 0.654 bits per heavy atom. The van der Waals surface area contributed by atoms with Crippen LogP contribution in [0.15, 0.2) is 36.6 Å². The molecule has 1 unspecified atom stereocenters. The number of quaternary nitrogens is 1. The van der Waals surface area contributed by atoms with Gasteiger partial charge in [-0.25, -0.2) is 0 Å². The number of rotatable bonds is 38. The van der Waals surface area contributed by atoms with Gasteiger partial charge in [-0.3, -0.25) is 14.2 Å². The average Bonchev–Trinajstić information content (AvgIpc) is 3.09. The topological polar surface area (TPSA) is 111 Å². The number of hydrogen-bond acceptors (Lipinski definition) is 8. The van der Waals surface area contributed by atoms with Gasteiger partial charge < -0.3 is 27.9 Å². The van der Waals surface area contributed by atoms with Crippen LogP contribution < -0.4 is 4.89 Å². The zero-order valence-corrected chi connectivity index (χ0v) is 34.9. The summed E-state index contributed by atoms with van der Waals surface area (Å²) in [6.07, 6.45) is 36.6. The van der Waals surface area contributed by atoms with E-state index in [4.69, 9.17) is 18.5 Å². The van der Waals surface area contributed by atoms with Crippen LogP contribution in [0.3, 0.4) is 0 Å². The summed E-state index contributed by atoms with van der Waals surface area (Å²) in [5.41, 5.74) is 0. The van der Waals surface area contributed by atoms with Gasteiger partial charge in [0.05, 0.1) is 34.0 Å². The smallest absolute Gasteiger partial charge is 0.305 e. The number of hydrogen-bond donors (Lipinski definition) is 0. The normalized spacial score (nSPS) is 14.0. The first kappa shape index (κ1) is 50.2. The molecule has 52 heavy (non-hydrogen) atoms. The van der Waals surface area contributed by atoms with E-state index >= 15 is 0 Å². The fourth-order valence-electron chi connectivity index (χ4n) is 5.39. The number of allylic oxidation sites excluding steroid dienone is 5. The first-order chi connectivity index (χ1) is 25.0. The Balaban J connectivity index is 4.38. The molecule has 0 heterocycles. The highest BCUT2D eigenvalue weighted by atomic mass is 31.2. The quantitative estimate of drug-likeness (QED) is 0.0116. The zero-order chi connectivity index (χ0) is 38.6. The van der Waals surface area contributed by atoms with Gasteiger partial charge in [-0.2, -0.15) is 0 Å². The van der Waals surface area contributed by atoms with Crippen LogP contribution in [0, 0.1) is 0 Å². The molecule has 0 saturated heterocycles. The summed E-state index contributed by atoms with van der Waals surface area (Å²) in [5, 5.41) is 0. The number of phosphoric ester groups is 1. The van der Waals surface area contributed by atoms with Crippen LogP contribution in [0.2, 0.25) is 0 Å². The third-order valence-electron chi connectivity index (χ3n) is 8.76. The van der Waals surface area contributed by atoms with E-state index in [1.807, 2.05) is 39.4 Å². The van der Waals surface area contributed by atoms with Crippen molar-refractivity contribution in [3.8, 4) is 0 Å². The second-order valence-corrected chi connectivity index (χ2v) is 16.5. The molecule has 304 valence electrons. The lowest BCUT2D eigenvalue weighted by Gasteiger charge is -2.28. The lowest BCUT2D eigenvalue weighted by atomic mass is 10.0. The maximum Gasteiger partial charge on any atom is 0.305 e. The van der Waals surface area contributed by atoms with Gasteiger partial charge in [-0.15, -0.1) is 0 Å². The van der Waals surface area contributed by atoms with Gasteiger partial charge in [0.25, 0.3) is 7.82 Å². The van der Waals surface area contributed by atoms with Crippen LogP contribution in [0.4, 0.5) is 0 Å². The number of carbonyl (C=O) groups is 2. The van der Waals surface area contributed by atoms with Crippen LogP contribution in [0.5, 0.6) is 0 Å². The zero-order valence-electron chi connectivity index (χ0n) is 34.0. The molecule has 0 rings (SSSR count). The van der Waals surface area contributed by atoms with Crippen molar-refractivity contribution in [3.63, 3.8) is 0 Å². The highest BCUT2D eigenvalue weighted by Gasteiger charge is 2.19. The third kappa shape index (κ3) is 38.0. The summed E-state index contributed by atoms with van der Waals surface area (Å²) < 4.78 is 34.2. The fraction of sp³-hybridized carbons (Fsp3) is 0.810. The standard InChI is InChI=1S/C42H78NO8P/c1-6-8-10-11-12-13-14-15-16-17-21-24-27-31-36-48-41(39-51-52(46,47)50-37-35-43(3,4)5)38-49-42(45)34-30-26-23-20-18-19-22-25-29-33-40(44)32-28-9-7-2/h22,25,29,31,33,36,41H,6-21,23-24,26-28,30,32,34-35,37-39H2,1-5H3/b25-22-,33-29+,36-31+/t41-/m1/s1. The molecule has 0 spiro atoms. The number of esters is 1. The van der Waals surface area contributed by atoms with Crippen molar-refractivity contribution < 1.29 is 42.1 Å². The Morgan fingerprint density at radius 2 is 1.17 bits per heavy atom. The molecule has 0 aromatic heterocycles. The first-order valence-corrected chi connectivity index (χ1v) is 22.2. The van der Waals surface area contributed by atoms with Crippen molar-refractivity contribution in [2.24, 2.45) is 0 Å². The first-order valence-electron chi connectivity index (χ1n) is 20.7. The molecule has 9 nitrogen and oxygen atoms in total. The Bertz CT molecular complexity index is 991. The van der Waals surface area contributed by atoms with Crippen LogP contribution in [0.1, 0.15) is 168 Å². The second-order valence-electron chi connectivity index (χ2n) is 15.1. The molecule has 0 aliphatic heterocycles. The van der Waals surface area contributed by atoms with Crippen molar-refractivity contribution in [1.82, 2.24) is 0 Å². The monoisotopic (exact) mass is 756 g/mol. The molecule has 0 aromatic carbocycles. The molecule has 0 aliphatic carbocycles. The van der Waals surface area contributed by atoms with E-state index in [2.05, 4.69) is 19.9 Å². The minimum atomic E-state index is -4.53. The predicted molar refractivity (Wildman–Crippen MR) is 213 cm³/mol. The number of carbonyl (C=O) groups excluding carboxylic acids is 2. The molecule has 0 radical (unpaired) electrons. The summed E-state index contributed by atoms with van der Waals surface area (Å²) in [4.78, 5) is 36.5. The van der Waals surface area contributed by atoms with Crippen molar-refractivity contribution in [1.29, 1.82) is 0 Å². The van der Waals surface area contributed by atoms with Crippen LogP contribution in [-0.4, -0.2) is 69.8 Å². The van der Waals surface area contributed by atoms with E-state index < -0.39 is 13.9 Å². The Morgan fingerprint density at radius 3 is 1.77 bits per heavy atom. The summed E-state index contributed by atoms with van der Waals surface area (Å²) in [6, 6.07) is 0. The van der Waals surface area contributed by atoms with Gasteiger partial charge in [0.15, 0.2) is 11.9 Å². The number of nitrogens with zero attached hydrogens (tertiary/aromatic N) is 1. The van der Waals surface area contributed by atoms with Gasteiger partial charge in [0.2, 0.25) is 0 Å². The molecule has 0 saturated carbocycles. The van der Waals surface area contributed by atoms with Crippen molar-refractivity contribution in [3.05, 3.63) is 36.6 Å². The van der Waals surface area contributed by atoms with E-state index in [9.17, 15) is 19.0 Å². The molecule has 2 atom stereocenters. The molecule has 10 heteroatoms. The van der Waals surface area contributed by atoms with Gasteiger partial charge >= 0.3 is 5.97 Å². The van der Waals surface area contributed by atoms with Crippen molar-refractivity contribution >= 4 is 19.6 Å². The molecular weight excluding hydrogens is 677 g/mol. The maximum atomic E-state index is 12.4. The van der Waals surface area contributed by atoms with Gasteiger partial charge in [-0.1, -0.05) is 135 Å². The Labute approximate surface area is 319 Å². The Kier molecular flexibility index (Phi) is 33.8. The summed E-state index contributed by atoms with van der Waals surface area (Å²) in [6.45, 7) is 4.50. The van der Waals surface area contributed by atoms with Gasteiger partial charge in [-0.05, 0) is 50.7 Å². The number of phosphoric acid groups is 1. The molecule has 0 aliphatic rings. The molecular formula is C42H78NO8P. The Hall–Kier alpha value is -1.77. The molecule has 0 N–H and O–H groups in total. The molecule has 0 bridgehead atoms. The number of ketones is 1. The summed E-state index contributed by atoms with van der Waals surface area (Å²) >= 11 is 0. The van der Waals surface area contributed by atoms with E-state index in [1.165, 1.54) is 70.6 Å². The lowest BCUT2D eigenvalue weighted by molar-refractivity contribution is -0.870. The van der Waals surface area contributed by atoms with E-state index in [0.717, 1.165) is 70.6 Å². The summed E-state index contributed by atoms with van der Waals surface area (Å²) in [5.74, 6) is -0.146. The van der Waals surface area contributed by atoms with Crippen molar-refractivity contribution in [2.45, 2.75) is 174 Å². The van der Waals surface area contributed by atoms with E-state index in [-0.39, 0.29) is 31.6 Å². The number of unbranched alkanes of at least 4 members (excludes halogenated alkanes) is 19. The maximum absolute atomic E-state index is 12.4. The van der Waals surface area contributed by atoms with E-state index in [0.29, 0.717) is 23.9 Å². The SMILES string of the molecule is CCCCCCCCCCCCCC/C=C/O[C@H](COC(=O)CCCCCCC/C=C\C=C\C(=O)CCCCC)COP(=O)([O-])OCC[N+](C)(C)C. The minimum absolute atomic E-state index is 0.0131. The van der Waals surface area contributed by atoms with Crippen LogP contribution in [0.25, 0.3) is 0 Å². The third-order valence-corrected chi connectivity index (χ3v) is 9.72. The number of ether oxygens (including phenoxy) is 2. The van der Waals surface area contributed by atoms with Crippen molar-refractivity contribution in [2.75, 3.05) is 47.5 Å². The molecule has 0 amide bonds. The lowest BCUT2D eigenvalue weighted by Crippen LogP contribution is -2.37.